The number of rotatable bonds is 6. The van der Waals surface area contributed by atoms with E-state index >= 15 is 0 Å². The molecule has 3 rings (SSSR count). The van der Waals surface area contributed by atoms with Crippen molar-refractivity contribution in [3.05, 3.63) is 29.3 Å². The fraction of sp³-hybridized carbons (Fsp3) is 0.438. The van der Waals surface area contributed by atoms with Crippen LogP contribution in [-0.2, 0) is 18.5 Å². The SMILES string of the molecule is Cn1cc(-c2cc3nc(Br)cnc3n2COCC[Si](C)(C)C)cn1. The van der Waals surface area contributed by atoms with Crippen LogP contribution in [0.1, 0.15) is 0 Å². The summed E-state index contributed by atoms with van der Waals surface area (Å²) in [6.07, 6.45) is 5.55. The molecule has 6 nitrogen and oxygen atoms in total. The third-order valence-electron chi connectivity index (χ3n) is 3.79. The molecule has 0 aliphatic rings. The molecule has 128 valence electrons. The fourth-order valence-electron chi connectivity index (χ4n) is 2.46. The van der Waals surface area contributed by atoms with Gasteiger partial charge in [-0.2, -0.15) is 5.10 Å². The summed E-state index contributed by atoms with van der Waals surface area (Å²) in [6.45, 7) is 8.29. The first-order valence-corrected chi connectivity index (χ1v) is 12.4. The van der Waals surface area contributed by atoms with Crippen LogP contribution in [0.4, 0.5) is 0 Å². The quantitative estimate of drug-likeness (QED) is 0.459. The molecule has 8 heteroatoms. The lowest BCUT2D eigenvalue weighted by Gasteiger charge is -2.16. The summed E-state index contributed by atoms with van der Waals surface area (Å²) in [6, 6.07) is 3.18. The summed E-state index contributed by atoms with van der Waals surface area (Å²) in [4.78, 5) is 9.03. The maximum atomic E-state index is 5.95. The Kier molecular flexibility index (Phi) is 4.89. The lowest BCUT2D eigenvalue weighted by molar-refractivity contribution is 0.0909. The molecule has 0 radical (unpaired) electrons. The Hall–Kier alpha value is -1.51. The van der Waals surface area contributed by atoms with E-state index in [1.807, 2.05) is 25.5 Å². The second-order valence-corrected chi connectivity index (χ2v) is 13.5. The number of aromatic nitrogens is 5. The second-order valence-electron chi connectivity index (χ2n) is 7.11. The molecule has 24 heavy (non-hydrogen) atoms. The summed E-state index contributed by atoms with van der Waals surface area (Å²) in [7, 11) is 0.814. The van der Waals surface area contributed by atoms with Gasteiger partial charge in [0.2, 0.25) is 0 Å². The average molecular weight is 408 g/mol. The summed E-state index contributed by atoms with van der Waals surface area (Å²) in [5, 5.41) is 4.27. The molecular formula is C16H22BrN5OSi. The Morgan fingerprint density at radius 2 is 2.04 bits per heavy atom. The second kappa shape index (κ2) is 6.77. The van der Waals surface area contributed by atoms with E-state index in [0.717, 1.165) is 39.7 Å². The van der Waals surface area contributed by atoms with Crippen molar-refractivity contribution in [1.82, 2.24) is 24.3 Å². The van der Waals surface area contributed by atoms with E-state index < -0.39 is 8.07 Å². The molecule has 0 unspecified atom stereocenters. The summed E-state index contributed by atoms with van der Waals surface area (Å²) in [5.41, 5.74) is 3.72. The molecule has 0 N–H and O–H groups in total. The Morgan fingerprint density at radius 1 is 1.25 bits per heavy atom. The third kappa shape index (κ3) is 3.93. The first kappa shape index (κ1) is 17.3. The normalized spacial score (nSPS) is 12.2. The van der Waals surface area contributed by atoms with Gasteiger partial charge in [-0.05, 0) is 28.0 Å². The number of hydrogen-bond donors (Lipinski definition) is 0. The zero-order valence-electron chi connectivity index (χ0n) is 14.5. The van der Waals surface area contributed by atoms with Crippen molar-refractivity contribution >= 4 is 35.2 Å². The van der Waals surface area contributed by atoms with Crippen LogP contribution >= 0.6 is 15.9 Å². The van der Waals surface area contributed by atoms with Crippen LogP contribution in [0.25, 0.3) is 22.4 Å². The predicted octanol–water partition coefficient (Wildman–Crippen LogP) is 3.91. The van der Waals surface area contributed by atoms with Gasteiger partial charge in [0.05, 0.1) is 18.1 Å². The van der Waals surface area contributed by atoms with E-state index in [9.17, 15) is 0 Å². The van der Waals surface area contributed by atoms with E-state index in [2.05, 4.69) is 55.2 Å². The van der Waals surface area contributed by atoms with Crippen molar-refractivity contribution in [1.29, 1.82) is 0 Å². The number of fused-ring (bicyclic) bond motifs is 1. The molecule has 0 saturated carbocycles. The fourth-order valence-corrected chi connectivity index (χ4v) is 3.51. The molecule has 0 fully saturated rings. The molecule has 0 amide bonds. The van der Waals surface area contributed by atoms with Crippen LogP contribution in [0, 0.1) is 0 Å². The molecule has 0 aliphatic heterocycles. The van der Waals surface area contributed by atoms with Crippen LogP contribution in [0.3, 0.4) is 0 Å². The Bertz CT molecular complexity index is 852. The van der Waals surface area contributed by atoms with Crippen LogP contribution in [0.2, 0.25) is 25.7 Å². The molecule has 0 bridgehead atoms. The molecule has 0 atom stereocenters. The van der Waals surface area contributed by atoms with E-state index in [-0.39, 0.29) is 0 Å². The van der Waals surface area contributed by atoms with Gasteiger partial charge >= 0.3 is 0 Å². The molecule has 0 spiro atoms. The predicted molar refractivity (Wildman–Crippen MR) is 102 cm³/mol. The van der Waals surface area contributed by atoms with Gasteiger partial charge in [0.25, 0.3) is 0 Å². The van der Waals surface area contributed by atoms with Crippen molar-refractivity contribution in [3.63, 3.8) is 0 Å². The largest absolute Gasteiger partial charge is 0.361 e. The number of ether oxygens (including phenoxy) is 1. The third-order valence-corrected chi connectivity index (χ3v) is 5.87. The molecular weight excluding hydrogens is 386 g/mol. The first-order chi connectivity index (χ1) is 11.3. The Morgan fingerprint density at radius 3 is 2.71 bits per heavy atom. The minimum absolute atomic E-state index is 0.467. The van der Waals surface area contributed by atoms with Crippen LogP contribution in [-0.4, -0.2) is 39.0 Å². The summed E-state index contributed by atoms with van der Waals surface area (Å²) in [5.74, 6) is 0. The first-order valence-electron chi connectivity index (χ1n) is 7.92. The van der Waals surface area contributed by atoms with Crippen molar-refractivity contribution in [3.8, 4) is 11.3 Å². The van der Waals surface area contributed by atoms with Gasteiger partial charge < -0.3 is 4.74 Å². The Labute approximate surface area is 151 Å². The molecule has 3 heterocycles. The van der Waals surface area contributed by atoms with Gasteiger partial charge in [-0.3, -0.25) is 9.25 Å². The van der Waals surface area contributed by atoms with Gasteiger partial charge in [0.15, 0.2) is 5.65 Å². The van der Waals surface area contributed by atoms with Crippen molar-refractivity contribution in [2.24, 2.45) is 7.05 Å². The molecule has 0 aliphatic carbocycles. The zero-order chi connectivity index (χ0) is 17.3. The summed E-state index contributed by atoms with van der Waals surface area (Å²) < 4.78 is 10.5. The number of aryl methyl sites for hydroxylation is 1. The lowest BCUT2D eigenvalue weighted by Crippen LogP contribution is -2.22. The van der Waals surface area contributed by atoms with Crippen molar-refractivity contribution in [2.45, 2.75) is 32.4 Å². The van der Waals surface area contributed by atoms with Gasteiger partial charge in [0.1, 0.15) is 16.9 Å². The van der Waals surface area contributed by atoms with Crippen molar-refractivity contribution in [2.75, 3.05) is 6.61 Å². The lowest BCUT2D eigenvalue weighted by atomic mass is 10.2. The highest BCUT2D eigenvalue weighted by Crippen LogP contribution is 2.27. The maximum absolute atomic E-state index is 5.95. The Balaban J connectivity index is 1.91. The number of nitrogens with zero attached hydrogens (tertiary/aromatic N) is 5. The number of halogens is 1. The van der Waals surface area contributed by atoms with Gasteiger partial charge in [-0.15, -0.1) is 0 Å². The smallest absolute Gasteiger partial charge is 0.161 e. The minimum atomic E-state index is -1.10. The molecule has 3 aromatic rings. The molecule has 0 aromatic carbocycles. The van der Waals surface area contributed by atoms with E-state index in [4.69, 9.17) is 4.74 Å². The van der Waals surface area contributed by atoms with Crippen molar-refractivity contribution < 1.29 is 4.74 Å². The van der Waals surface area contributed by atoms with Crippen LogP contribution < -0.4 is 0 Å². The molecule has 0 saturated heterocycles. The monoisotopic (exact) mass is 407 g/mol. The average Bonchev–Trinajstić information content (AvgIpc) is 3.06. The van der Waals surface area contributed by atoms with Gasteiger partial charge in [-0.1, -0.05) is 19.6 Å². The number of hydrogen-bond acceptors (Lipinski definition) is 4. The van der Waals surface area contributed by atoms with Gasteiger partial charge in [-0.25, -0.2) is 9.97 Å². The molecule has 3 aromatic heterocycles. The zero-order valence-corrected chi connectivity index (χ0v) is 17.0. The van der Waals surface area contributed by atoms with Crippen LogP contribution in [0.15, 0.2) is 29.3 Å². The summed E-state index contributed by atoms with van der Waals surface area (Å²) >= 11 is 3.39. The minimum Gasteiger partial charge on any atom is -0.361 e. The van der Waals surface area contributed by atoms with E-state index in [1.165, 1.54) is 0 Å². The van der Waals surface area contributed by atoms with Crippen LogP contribution in [0.5, 0.6) is 0 Å². The highest BCUT2D eigenvalue weighted by molar-refractivity contribution is 9.10. The highest BCUT2D eigenvalue weighted by atomic mass is 79.9. The van der Waals surface area contributed by atoms with E-state index in [0.29, 0.717) is 6.73 Å². The topological polar surface area (TPSA) is 57.8 Å². The maximum Gasteiger partial charge on any atom is 0.161 e. The van der Waals surface area contributed by atoms with Gasteiger partial charge in [0, 0.05) is 33.5 Å². The highest BCUT2D eigenvalue weighted by Gasteiger charge is 2.16. The standard InChI is InChI=1S/C16H22BrN5OSi/c1-21-10-12(8-19-21)14-7-13-16(18-9-15(17)20-13)22(14)11-23-5-6-24(2,3)4/h7-10H,5-6,11H2,1-4H3. The van der Waals surface area contributed by atoms with E-state index in [1.54, 1.807) is 10.9 Å².